The molecule has 7 aliphatic rings. The first-order valence-corrected chi connectivity index (χ1v) is 22.6. The van der Waals surface area contributed by atoms with Crippen molar-refractivity contribution in [2.45, 2.75) is 82.5 Å². The van der Waals surface area contributed by atoms with E-state index in [1.54, 1.807) is 14.0 Å². The van der Waals surface area contributed by atoms with Crippen LogP contribution in [0.15, 0.2) is 46.2 Å². The molecule has 14 heteroatoms. The predicted octanol–water partition coefficient (Wildman–Crippen LogP) is 2.41. The van der Waals surface area contributed by atoms with E-state index in [2.05, 4.69) is 16.0 Å². The second kappa shape index (κ2) is 18.1. The van der Waals surface area contributed by atoms with E-state index in [0.29, 0.717) is 66.7 Å². The quantitative estimate of drug-likeness (QED) is 0.112. The Kier molecular flexibility index (Phi) is 12.5. The van der Waals surface area contributed by atoms with Gasteiger partial charge in [-0.05, 0) is 92.8 Å². The van der Waals surface area contributed by atoms with Crippen molar-refractivity contribution in [1.82, 2.24) is 4.90 Å². The first-order chi connectivity index (χ1) is 30.7. The largest absolute Gasteiger partial charge is 0.492 e. The fourth-order valence-electron chi connectivity index (χ4n) is 11.4. The van der Waals surface area contributed by atoms with Gasteiger partial charge in [0.15, 0.2) is 6.29 Å². The number of rotatable bonds is 11. The van der Waals surface area contributed by atoms with E-state index in [-0.39, 0.29) is 91.0 Å². The summed E-state index contributed by atoms with van der Waals surface area (Å²) in [6.07, 6.45) is 9.51. The number of ketones is 1. The maximum atomic E-state index is 14.5. The highest BCUT2D eigenvalue weighted by atomic mass is 16.6. The molecule has 2 aromatic rings. The highest BCUT2D eigenvalue weighted by molar-refractivity contribution is 6.11. The van der Waals surface area contributed by atoms with E-state index in [1.165, 1.54) is 0 Å². The van der Waals surface area contributed by atoms with Crippen LogP contribution in [0.3, 0.4) is 0 Å². The molecule has 7 atom stereocenters. The fourth-order valence-corrected chi connectivity index (χ4v) is 11.4. The zero-order valence-electron chi connectivity index (χ0n) is 36.1. The second-order valence-electron chi connectivity index (χ2n) is 18.1. The molecule has 2 bridgehead atoms. The van der Waals surface area contributed by atoms with Crippen molar-refractivity contribution in [1.29, 1.82) is 0 Å². The average Bonchev–Trinajstić information content (AvgIpc) is 3.96. The summed E-state index contributed by atoms with van der Waals surface area (Å²) in [5, 5.41) is 47.6. The molecule has 1 saturated heterocycles. The van der Waals surface area contributed by atoms with Crippen molar-refractivity contribution in [3.63, 3.8) is 0 Å². The van der Waals surface area contributed by atoms with Crippen molar-refractivity contribution >= 4 is 29.7 Å². The first-order valence-electron chi connectivity index (χ1n) is 22.6. The average molecular weight is 867 g/mol. The van der Waals surface area contributed by atoms with Crippen molar-refractivity contribution in [3.05, 3.63) is 79.6 Å². The SMILES string of the molecule is CCOC(=O)C1=C(C=O)C2=C3CC(CO)C(=O)C(C3)c3cc4c(cc3CCC(CO)COc3c5c(c(CO)c(c32)O1)OC(C1(O)CC=CC2CN(CCCOC)CCC21)C5)=NCC=4. The van der Waals surface area contributed by atoms with E-state index >= 15 is 0 Å². The lowest BCUT2D eigenvalue weighted by Crippen LogP contribution is -2.58. The monoisotopic (exact) mass is 866 g/mol. The van der Waals surface area contributed by atoms with Gasteiger partial charge in [-0.2, -0.15) is 0 Å². The first kappa shape index (κ1) is 43.5. The molecule has 14 nitrogen and oxygen atoms in total. The number of aliphatic hydroxyl groups excluding tert-OH is 3. The zero-order chi connectivity index (χ0) is 44.0. The van der Waals surface area contributed by atoms with Gasteiger partial charge in [-0.15, -0.1) is 0 Å². The van der Waals surface area contributed by atoms with Crippen molar-refractivity contribution in [3.8, 4) is 17.2 Å². The third-order valence-electron chi connectivity index (χ3n) is 14.5. The number of aldehydes is 1. The summed E-state index contributed by atoms with van der Waals surface area (Å²) >= 11 is 0. The summed E-state index contributed by atoms with van der Waals surface area (Å²) in [4.78, 5) is 48.9. The van der Waals surface area contributed by atoms with E-state index in [0.717, 1.165) is 54.2 Å². The Bertz CT molecular complexity index is 2400. The summed E-state index contributed by atoms with van der Waals surface area (Å²) in [6, 6.07) is 4.02. The number of likely N-dealkylation sites (tertiary alicyclic amines) is 1. The molecular weight excluding hydrogens is 809 g/mol. The fraction of sp³-hybridized carbons (Fsp3) is 0.551. The standard InChI is InChI=1S/C49H58N2O12/c1-3-60-48(57)47-36(24-54)41-31-16-32(23-53)43(56)34(18-31)33-17-29-9-12-50-39(29)19-28(33)8-7-27(22-52)26-61-45-35-20-40(62-44(35)37(25-55)46(63-47)42(41)45)49(58)11-4-6-30-21-51(13-5-15-59-2)14-10-38(30)49/h4,6,9,17,19,24,27,30,32,34,38,40,52-53,55,58H,3,5,7-8,10-16,18,20-23,25-26H2,1-2H3. The van der Waals surface area contributed by atoms with Crippen LogP contribution >= 0.6 is 0 Å². The van der Waals surface area contributed by atoms with Gasteiger partial charge < -0.3 is 49.0 Å². The number of aliphatic hydroxyl groups is 4. The number of carbonyl (C=O) groups is 3. The van der Waals surface area contributed by atoms with E-state index in [9.17, 15) is 34.8 Å². The molecule has 7 unspecified atom stereocenters. The van der Waals surface area contributed by atoms with Gasteiger partial charge in [-0.3, -0.25) is 14.6 Å². The molecule has 2 aliphatic carbocycles. The molecule has 5 heterocycles. The number of fused-ring (bicyclic) bond motifs is 8. The van der Waals surface area contributed by atoms with Crippen LogP contribution in [-0.2, 0) is 43.3 Å². The van der Waals surface area contributed by atoms with Gasteiger partial charge in [-0.1, -0.05) is 23.8 Å². The molecule has 5 aliphatic heterocycles. The summed E-state index contributed by atoms with van der Waals surface area (Å²) in [7, 11) is 1.70. The molecule has 63 heavy (non-hydrogen) atoms. The van der Waals surface area contributed by atoms with Crippen molar-refractivity contribution in [2.75, 3.05) is 66.3 Å². The summed E-state index contributed by atoms with van der Waals surface area (Å²) in [6.45, 7) is 4.13. The van der Waals surface area contributed by atoms with Gasteiger partial charge in [0.05, 0.1) is 55.0 Å². The van der Waals surface area contributed by atoms with Gasteiger partial charge in [0.25, 0.3) is 0 Å². The van der Waals surface area contributed by atoms with E-state index in [4.69, 9.17) is 23.7 Å². The van der Waals surface area contributed by atoms with Crippen LogP contribution in [0.4, 0.5) is 0 Å². The van der Waals surface area contributed by atoms with E-state index < -0.39 is 42.7 Å². The zero-order valence-corrected chi connectivity index (χ0v) is 36.1. The molecule has 9 rings (SSSR count). The third kappa shape index (κ3) is 7.65. The van der Waals surface area contributed by atoms with Crippen LogP contribution in [0, 0.1) is 23.7 Å². The molecule has 336 valence electrons. The van der Waals surface area contributed by atoms with E-state index in [1.807, 2.05) is 24.3 Å². The third-order valence-corrected chi connectivity index (χ3v) is 14.5. The van der Waals surface area contributed by atoms with Crippen LogP contribution in [0.5, 0.6) is 17.2 Å². The smallest absolute Gasteiger partial charge is 0.375 e. The van der Waals surface area contributed by atoms with Crippen LogP contribution in [0.2, 0.25) is 0 Å². The highest BCUT2D eigenvalue weighted by Crippen LogP contribution is 2.58. The summed E-state index contributed by atoms with van der Waals surface area (Å²) in [5.74, 6) is -2.77. The molecule has 0 aromatic heterocycles. The number of piperidine rings is 1. The topological polar surface area (TPSA) is 194 Å². The maximum absolute atomic E-state index is 14.5. The number of esters is 1. The van der Waals surface area contributed by atoms with Crippen molar-refractivity contribution < 1.29 is 58.5 Å². The maximum Gasteiger partial charge on any atom is 0.375 e. The molecule has 1 saturated carbocycles. The van der Waals surface area contributed by atoms with Crippen molar-refractivity contribution in [2.24, 2.45) is 28.7 Å². The Morgan fingerprint density at radius 2 is 1.95 bits per heavy atom. The van der Waals surface area contributed by atoms with Crippen LogP contribution in [0.1, 0.15) is 79.2 Å². The Balaban J connectivity index is 1.23. The number of ether oxygens (including phenoxy) is 5. The molecule has 2 fully saturated rings. The Hall–Kier alpha value is -4.70. The lowest BCUT2D eigenvalue weighted by atomic mass is 9.66. The predicted molar refractivity (Wildman–Crippen MR) is 229 cm³/mol. The van der Waals surface area contributed by atoms with Crippen LogP contribution in [0.25, 0.3) is 11.6 Å². The molecular formula is C49H58N2O12. The lowest BCUT2D eigenvalue weighted by molar-refractivity contribution is -0.141. The van der Waals surface area contributed by atoms with Gasteiger partial charge in [-0.25, -0.2) is 4.79 Å². The van der Waals surface area contributed by atoms with Gasteiger partial charge in [0.2, 0.25) is 5.76 Å². The molecule has 0 amide bonds. The normalized spacial score (nSPS) is 28.6. The van der Waals surface area contributed by atoms with Gasteiger partial charge in [0.1, 0.15) is 34.7 Å². The highest BCUT2D eigenvalue weighted by Gasteiger charge is 2.54. The lowest BCUT2D eigenvalue weighted by Gasteiger charge is -2.49. The molecule has 0 spiro atoms. The number of hydrogen-bond donors (Lipinski definition) is 4. The Labute approximate surface area is 366 Å². The molecule has 4 N–H and O–H groups in total. The minimum atomic E-state index is -1.29. The van der Waals surface area contributed by atoms with Crippen LogP contribution in [-0.4, -0.2) is 121 Å². The number of carbonyl (C=O) groups excluding carboxylic acids is 3. The molecule has 2 aromatic carbocycles. The number of aryl methyl sites for hydroxylation is 1. The number of benzene rings is 2. The number of methoxy groups -OCH3 is 1. The number of hydrogen-bond acceptors (Lipinski definition) is 14. The number of allylic oxidation sites excluding steroid dienone is 3. The van der Waals surface area contributed by atoms with Gasteiger partial charge >= 0.3 is 5.97 Å². The summed E-state index contributed by atoms with van der Waals surface area (Å²) in [5.41, 5.74) is 2.34. The minimum Gasteiger partial charge on any atom is -0.492 e. The Morgan fingerprint density at radius 3 is 2.71 bits per heavy atom. The molecule has 0 radical (unpaired) electrons. The van der Waals surface area contributed by atoms with Crippen LogP contribution < -0.4 is 24.8 Å². The van der Waals surface area contributed by atoms with Gasteiger partial charge in [0, 0.05) is 74.6 Å². The summed E-state index contributed by atoms with van der Waals surface area (Å²) < 4.78 is 31.0. The second-order valence-corrected chi connectivity index (χ2v) is 18.1. The minimum absolute atomic E-state index is 0.0109. The number of nitrogens with zero attached hydrogens (tertiary/aromatic N) is 2. The number of Topliss-reactive ketones (excluding diaryl/α,β-unsaturated/α-hetero) is 1. The Morgan fingerprint density at radius 1 is 1.10 bits per heavy atom.